The highest BCUT2D eigenvalue weighted by Crippen LogP contribution is 2.18. The number of nitrogens with one attached hydrogen (secondary N) is 1. The molecule has 2 nitrogen and oxygen atoms in total. The number of rotatable bonds is 7. The maximum Gasteiger partial charge on any atom is 0.124 e. The van der Waals surface area contributed by atoms with Crippen LogP contribution >= 0.6 is 15.9 Å². The molecule has 0 saturated carbocycles. The zero-order valence-electron chi connectivity index (χ0n) is 10.0. The molecule has 1 aromatic carbocycles. The van der Waals surface area contributed by atoms with Crippen LogP contribution in [0.15, 0.2) is 22.7 Å². The van der Waals surface area contributed by atoms with Crippen LogP contribution in [0.25, 0.3) is 0 Å². The van der Waals surface area contributed by atoms with Gasteiger partial charge in [0.1, 0.15) is 5.82 Å². The fourth-order valence-corrected chi connectivity index (χ4v) is 2.20. The lowest BCUT2D eigenvalue weighted by atomic mass is 10.0. The molecule has 0 amide bonds. The molecule has 0 heterocycles. The second-order valence-electron chi connectivity index (χ2n) is 4.15. The molecule has 0 spiro atoms. The van der Waals surface area contributed by atoms with Crippen molar-refractivity contribution in [2.24, 2.45) is 5.92 Å². The first-order valence-corrected chi connectivity index (χ1v) is 6.72. The first-order valence-electron chi connectivity index (χ1n) is 5.92. The maximum atomic E-state index is 12.9. The second-order valence-corrected chi connectivity index (χ2v) is 5.01. The Morgan fingerprint density at radius 2 is 2.24 bits per heavy atom. The normalized spacial score (nSPS) is 12.7. The summed E-state index contributed by atoms with van der Waals surface area (Å²) in [6.45, 7) is 3.94. The summed E-state index contributed by atoms with van der Waals surface area (Å²) >= 11 is 3.34. The second kappa shape index (κ2) is 7.80. The predicted octanol–water partition coefficient (Wildman–Crippen LogP) is 3.09. The van der Waals surface area contributed by atoms with E-state index in [2.05, 4.69) is 28.2 Å². The van der Waals surface area contributed by atoms with Gasteiger partial charge in [-0.25, -0.2) is 4.39 Å². The zero-order valence-corrected chi connectivity index (χ0v) is 11.6. The Morgan fingerprint density at radius 1 is 1.47 bits per heavy atom. The van der Waals surface area contributed by atoms with E-state index >= 15 is 0 Å². The van der Waals surface area contributed by atoms with Crippen molar-refractivity contribution >= 4 is 15.9 Å². The minimum atomic E-state index is -0.229. The average Bonchev–Trinajstić information content (AvgIpc) is 2.30. The van der Waals surface area contributed by atoms with Crippen molar-refractivity contribution < 1.29 is 9.50 Å². The van der Waals surface area contributed by atoms with Crippen molar-refractivity contribution in [3.8, 4) is 0 Å². The summed E-state index contributed by atoms with van der Waals surface area (Å²) in [6.07, 6.45) is 1.88. The van der Waals surface area contributed by atoms with E-state index in [1.807, 2.05) is 0 Å². The van der Waals surface area contributed by atoms with Crippen molar-refractivity contribution in [3.05, 3.63) is 34.1 Å². The Morgan fingerprint density at radius 3 is 2.82 bits per heavy atom. The summed E-state index contributed by atoms with van der Waals surface area (Å²) in [5.41, 5.74) is 1.05. The van der Waals surface area contributed by atoms with Crippen molar-refractivity contribution in [3.63, 3.8) is 0 Å². The van der Waals surface area contributed by atoms with E-state index in [9.17, 15) is 4.39 Å². The molecule has 1 unspecified atom stereocenters. The fourth-order valence-electron chi connectivity index (χ4n) is 1.71. The number of halogens is 2. The first-order chi connectivity index (χ1) is 8.17. The Balaban J connectivity index is 2.39. The van der Waals surface area contributed by atoms with Crippen LogP contribution in [-0.2, 0) is 6.54 Å². The lowest BCUT2D eigenvalue weighted by Crippen LogP contribution is -2.23. The van der Waals surface area contributed by atoms with E-state index in [4.69, 9.17) is 5.11 Å². The van der Waals surface area contributed by atoms with Gasteiger partial charge in [0.2, 0.25) is 0 Å². The minimum absolute atomic E-state index is 0.229. The molecule has 4 heteroatoms. The molecule has 0 saturated heterocycles. The highest BCUT2D eigenvalue weighted by atomic mass is 79.9. The van der Waals surface area contributed by atoms with Crippen molar-refractivity contribution in [1.29, 1.82) is 0 Å². The van der Waals surface area contributed by atoms with Gasteiger partial charge in [-0.15, -0.1) is 0 Å². The molecule has 0 aliphatic rings. The van der Waals surface area contributed by atoms with Crippen LogP contribution in [0.5, 0.6) is 0 Å². The predicted molar refractivity (Wildman–Crippen MR) is 71.3 cm³/mol. The molecule has 96 valence electrons. The molecular weight excluding hydrogens is 285 g/mol. The molecule has 0 bridgehead atoms. The average molecular weight is 304 g/mol. The molecule has 0 radical (unpaired) electrons. The van der Waals surface area contributed by atoms with Gasteiger partial charge in [0.15, 0.2) is 0 Å². The van der Waals surface area contributed by atoms with E-state index in [0.717, 1.165) is 29.4 Å². The molecule has 0 aromatic heterocycles. The Bertz CT molecular complexity index is 346. The summed E-state index contributed by atoms with van der Waals surface area (Å²) in [5, 5.41) is 12.2. The summed E-state index contributed by atoms with van der Waals surface area (Å²) in [4.78, 5) is 0. The van der Waals surface area contributed by atoms with E-state index in [-0.39, 0.29) is 12.4 Å². The van der Waals surface area contributed by atoms with Crippen molar-refractivity contribution in [2.75, 3.05) is 13.2 Å². The number of aliphatic hydroxyl groups excluding tert-OH is 1. The third kappa shape index (κ3) is 5.15. The third-order valence-corrected chi connectivity index (χ3v) is 3.62. The van der Waals surface area contributed by atoms with Gasteiger partial charge in [0.05, 0.1) is 0 Å². The number of hydrogen-bond acceptors (Lipinski definition) is 2. The van der Waals surface area contributed by atoms with Gasteiger partial charge in [0.25, 0.3) is 0 Å². The van der Waals surface area contributed by atoms with Crippen LogP contribution in [0, 0.1) is 11.7 Å². The molecule has 0 fully saturated rings. The molecule has 2 N–H and O–H groups in total. The fraction of sp³-hybridized carbons (Fsp3) is 0.538. The van der Waals surface area contributed by atoms with Crippen molar-refractivity contribution in [1.82, 2.24) is 5.32 Å². The summed E-state index contributed by atoms with van der Waals surface area (Å²) in [5.74, 6) is 0.270. The summed E-state index contributed by atoms with van der Waals surface area (Å²) in [6, 6.07) is 4.72. The van der Waals surface area contributed by atoms with E-state index in [1.54, 1.807) is 6.07 Å². The molecule has 1 rings (SSSR count). The molecular formula is C13H19BrFNO. The van der Waals surface area contributed by atoms with Gasteiger partial charge in [0, 0.05) is 17.6 Å². The molecule has 17 heavy (non-hydrogen) atoms. The lowest BCUT2D eigenvalue weighted by Gasteiger charge is -2.14. The summed E-state index contributed by atoms with van der Waals surface area (Å²) in [7, 11) is 0. The largest absolute Gasteiger partial charge is 0.396 e. The number of benzene rings is 1. The van der Waals surface area contributed by atoms with Crippen molar-refractivity contribution in [2.45, 2.75) is 26.3 Å². The molecule has 0 aliphatic heterocycles. The van der Waals surface area contributed by atoms with Gasteiger partial charge in [-0.3, -0.25) is 0 Å². The molecule has 1 aromatic rings. The van der Waals surface area contributed by atoms with Gasteiger partial charge < -0.3 is 10.4 Å². The van der Waals surface area contributed by atoms with Crippen LogP contribution in [0.1, 0.15) is 25.3 Å². The van der Waals surface area contributed by atoms with Gasteiger partial charge in [-0.05, 0) is 36.6 Å². The minimum Gasteiger partial charge on any atom is -0.396 e. The highest BCUT2D eigenvalue weighted by molar-refractivity contribution is 9.10. The van der Waals surface area contributed by atoms with Crippen LogP contribution in [0.4, 0.5) is 4.39 Å². The Kier molecular flexibility index (Phi) is 6.70. The monoisotopic (exact) mass is 303 g/mol. The third-order valence-electron chi connectivity index (χ3n) is 2.88. The highest BCUT2D eigenvalue weighted by Gasteiger charge is 2.06. The van der Waals surface area contributed by atoms with Crippen LogP contribution in [0.2, 0.25) is 0 Å². The lowest BCUT2D eigenvalue weighted by molar-refractivity contribution is 0.251. The molecule has 0 aliphatic carbocycles. The maximum absolute atomic E-state index is 12.9. The number of hydrogen-bond donors (Lipinski definition) is 2. The SMILES string of the molecule is CCC(CCO)CNCc1ccc(F)cc1Br. The van der Waals surface area contributed by atoms with E-state index in [1.165, 1.54) is 12.1 Å². The van der Waals surface area contributed by atoms with Gasteiger partial charge in [-0.1, -0.05) is 35.3 Å². The van der Waals surface area contributed by atoms with Crippen LogP contribution in [-0.4, -0.2) is 18.3 Å². The topological polar surface area (TPSA) is 32.3 Å². The zero-order chi connectivity index (χ0) is 12.7. The van der Waals surface area contributed by atoms with E-state index in [0.29, 0.717) is 12.5 Å². The van der Waals surface area contributed by atoms with Crippen LogP contribution < -0.4 is 5.32 Å². The quantitative estimate of drug-likeness (QED) is 0.811. The Hall–Kier alpha value is -0.450. The standard InChI is InChI=1S/C13H19BrFNO/c1-2-10(5-6-17)8-16-9-11-3-4-12(15)7-13(11)14/h3-4,7,10,16-17H,2,5-6,8-9H2,1H3. The van der Waals surface area contributed by atoms with Gasteiger partial charge >= 0.3 is 0 Å². The van der Waals surface area contributed by atoms with Gasteiger partial charge in [-0.2, -0.15) is 0 Å². The number of aliphatic hydroxyl groups is 1. The van der Waals surface area contributed by atoms with Crippen LogP contribution in [0.3, 0.4) is 0 Å². The Labute approximate surface area is 110 Å². The summed E-state index contributed by atoms with van der Waals surface area (Å²) < 4.78 is 13.7. The van der Waals surface area contributed by atoms with E-state index < -0.39 is 0 Å². The first kappa shape index (κ1) is 14.6. The smallest absolute Gasteiger partial charge is 0.124 e. The molecule has 1 atom stereocenters.